The first-order valence-corrected chi connectivity index (χ1v) is 8.73. The largest absolute Gasteiger partial charge is 0.493 e. The van der Waals surface area contributed by atoms with E-state index in [2.05, 4.69) is 21.2 Å². The lowest BCUT2D eigenvalue weighted by atomic mass is 10.0. The number of pyridine rings is 1. The fourth-order valence-corrected chi connectivity index (χ4v) is 3.40. The maximum atomic E-state index is 6.10. The lowest BCUT2D eigenvalue weighted by Gasteiger charge is -2.15. The zero-order valence-corrected chi connectivity index (χ0v) is 15.9. The van der Waals surface area contributed by atoms with Gasteiger partial charge in [-0.05, 0) is 54.8 Å². The highest BCUT2D eigenvalue weighted by molar-refractivity contribution is 6.30. The van der Waals surface area contributed by atoms with Crippen LogP contribution in [0.3, 0.4) is 0 Å². The minimum Gasteiger partial charge on any atom is -0.493 e. The van der Waals surface area contributed by atoms with E-state index in [1.54, 1.807) is 14.2 Å². The van der Waals surface area contributed by atoms with E-state index in [0.717, 1.165) is 27.7 Å². The summed E-state index contributed by atoms with van der Waals surface area (Å²) in [5, 5.41) is 9.67. The maximum absolute atomic E-state index is 6.10. The SMILES string of the molecule is COc1cc2cc(C)[n+](-c3ncn[nH]3)c(-c3ccc(Cl)cc3)c2cc1OC. The molecule has 0 aliphatic heterocycles. The number of aromatic nitrogens is 4. The number of methoxy groups -OCH3 is 2. The summed E-state index contributed by atoms with van der Waals surface area (Å²) in [4.78, 5) is 4.35. The van der Waals surface area contributed by atoms with Gasteiger partial charge in [-0.25, -0.2) is 0 Å². The molecule has 0 bridgehead atoms. The van der Waals surface area contributed by atoms with Crippen LogP contribution in [0.5, 0.6) is 11.5 Å². The molecule has 0 amide bonds. The second-order valence-electron chi connectivity index (χ2n) is 6.08. The topological polar surface area (TPSA) is 63.9 Å². The van der Waals surface area contributed by atoms with Crippen molar-refractivity contribution >= 4 is 22.4 Å². The average molecular weight is 382 g/mol. The molecule has 7 heteroatoms. The predicted molar refractivity (Wildman–Crippen MR) is 104 cm³/mol. The van der Waals surface area contributed by atoms with E-state index in [1.165, 1.54) is 6.33 Å². The minimum atomic E-state index is 0.633. The molecule has 0 fully saturated rings. The Labute approximate surface area is 161 Å². The van der Waals surface area contributed by atoms with Crippen molar-refractivity contribution in [1.82, 2.24) is 15.2 Å². The van der Waals surface area contributed by atoms with Gasteiger partial charge in [0.25, 0.3) is 0 Å². The van der Waals surface area contributed by atoms with Crippen molar-refractivity contribution in [3.05, 3.63) is 59.5 Å². The Morgan fingerprint density at radius 1 is 1.00 bits per heavy atom. The Bertz CT molecular complexity index is 1110. The molecular weight excluding hydrogens is 364 g/mol. The second kappa shape index (κ2) is 6.89. The van der Waals surface area contributed by atoms with E-state index in [9.17, 15) is 0 Å². The van der Waals surface area contributed by atoms with Crippen molar-refractivity contribution in [3.8, 4) is 28.7 Å². The number of aryl methyl sites for hydroxylation is 1. The third-order valence-corrected chi connectivity index (χ3v) is 4.74. The van der Waals surface area contributed by atoms with Crippen molar-refractivity contribution in [2.24, 2.45) is 0 Å². The van der Waals surface area contributed by atoms with Gasteiger partial charge in [0, 0.05) is 16.0 Å². The van der Waals surface area contributed by atoms with Gasteiger partial charge in [0.15, 0.2) is 11.5 Å². The van der Waals surface area contributed by atoms with E-state index in [4.69, 9.17) is 21.1 Å². The normalized spacial score (nSPS) is 11.0. The van der Waals surface area contributed by atoms with Crippen LogP contribution in [0.2, 0.25) is 5.02 Å². The second-order valence-corrected chi connectivity index (χ2v) is 6.52. The summed E-state index contributed by atoms with van der Waals surface area (Å²) in [7, 11) is 3.26. The Morgan fingerprint density at radius 3 is 2.33 bits per heavy atom. The minimum absolute atomic E-state index is 0.633. The molecule has 0 unspecified atom stereocenters. The number of halogens is 1. The Kier molecular flexibility index (Phi) is 4.41. The number of hydrogen-bond acceptors (Lipinski definition) is 4. The molecule has 0 atom stereocenters. The number of aromatic amines is 1. The van der Waals surface area contributed by atoms with Gasteiger partial charge < -0.3 is 9.47 Å². The number of benzene rings is 2. The van der Waals surface area contributed by atoms with Gasteiger partial charge in [-0.2, -0.15) is 9.67 Å². The van der Waals surface area contributed by atoms with Crippen LogP contribution >= 0.6 is 11.6 Å². The van der Waals surface area contributed by atoms with Crippen LogP contribution in [0.25, 0.3) is 28.0 Å². The fraction of sp³-hybridized carbons (Fsp3) is 0.150. The van der Waals surface area contributed by atoms with Crippen molar-refractivity contribution in [2.45, 2.75) is 6.92 Å². The lowest BCUT2D eigenvalue weighted by Crippen LogP contribution is -2.38. The third-order valence-electron chi connectivity index (χ3n) is 4.48. The first-order valence-electron chi connectivity index (χ1n) is 8.35. The van der Waals surface area contributed by atoms with E-state index >= 15 is 0 Å². The molecule has 0 aliphatic carbocycles. The van der Waals surface area contributed by atoms with Crippen LogP contribution in [0.15, 0.2) is 48.8 Å². The summed E-state index contributed by atoms with van der Waals surface area (Å²) in [5.41, 5.74) is 2.95. The summed E-state index contributed by atoms with van der Waals surface area (Å²) in [6.07, 6.45) is 1.49. The summed E-state index contributed by atoms with van der Waals surface area (Å²) >= 11 is 6.10. The van der Waals surface area contributed by atoms with Gasteiger partial charge in [-0.1, -0.05) is 21.7 Å². The van der Waals surface area contributed by atoms with Gasteiger partial charge in [0.1, 0.15) is 5.69 Å². The molecular formula is C20H18ClN4O2+. The average Bonchev–Trinajstić information content (AvgIpc) is 3.21. The first kappa shape index (κ1) is 17.3. The zero-order valence-electron chi connectivity index (χ0n) is 15.2. The molecule has 0 saturated carbocycles. The highest BCUT2D eigenvalue weighted by Crippen LogP contribution is 2.36. The molecule has 1 N–H and O–H groups in total. The van der Waals surface area contributed by atoms with Crippen molar-refractivity contribution in [1.29, 1.82) is 0 Å². The monoisotopic (exact) mass is 381 g/mol. The highest BCUT2D eigenvalue weighted by atomic mass is 35.5. The summed E-state index contributed by atoms with van der Waals surface area (Å²) in [6, 6.07) is 13.8. The van der Waals surface area contributed by atoms with Gasteiger partial charge in [-0.15, -0.1) is 0 Å². The van der Waals surface area contributed by atoms with Crippen LogP contribution in [0, 0.1) is 6.92 Å². The first-order chi connectivity index (χ1) is 13.1. The molecule has 136 valence electrons. The van der Waals surface area contributed by atoms with E-state index < -0.39 is 0 Å². The van der Waals surface area contributed by atoms with Crippen molar-refractivity contribution in [2.75, 3.05) is 14.2 Å². The zero-order chi connectivity index (χ0) is 19.0. The number of nitrogens with one attached hydrogen (secondary N) is 1. The Hall–Kier alpha value is -3.12. The molecule has 2 aromatic heterocycles. The molecule has 0 spiro atoms. The molecule has 4 rings (SSSR count). The van der Waals surface area contributed by atoms with Crippen LogP contribution < -0.4 is 14.0 Å². The van der Waals surface area contributed by atoms with E-state index in [0.29, 0.717) is 22.5 Å². The predicted octanol–water partition coefficient (Wildman–Crippen LogP) is 3.88. The number of hydrogen-bond donors (Lipinski definition) is 1. The number of H-pyrrole nitrogens is 1. The Morgan fingerprint density at radius 2 is 1.70 bits per heavy atom. The molecule has 0 radical (unpaired) electrons. The van der Waals surface area contributed by atoms with Gasteiger partial charge in [0.2, 0.25) is 6.33 Å². The molecule has 0 saturated heterocycles. The van der Waals surface area contributed by atoms with E-state index in [-0.39, 0.29) is 0 Å². The van der Waals surface area contributed by atoms with Crippen molar-refractivity contribution in [3.63, 3.8) is 0 Å². The number of ether oxygens (including phenoxy) is 2. The molecule has 27 heavy (non-hydrogen) atoms. The molecule has 4 aromatic rings. The summed E-state index contributed by atoms with van der Waals surface area (Å²) in [6.45, 7) is 2.03. The maximum Gasteiger partial charge on any atom is 0.422 e. The molecule has 6 nitrogen and oxygen atoms in total. The number of fused-ring (bicyclic) bond motifs is 1. The fourth-order valence-electron chi connectivity index (χ4n) is 3.28. The Balaban J connectivity index is 2.14. The van der Waals surface area contributed by atoms with Crippen LogP contribution in [0.1, 0.15) is 5.69 Å². The quantitative estimate of drug-likeness (QED) is 0.545. The van der Waals surface area contributed by atoms with Gasteiger partial charge in [0.05, 0.1) is 19.9 Å². The van der Waals surface area contributed by atoms with E-state index in [1.807, 2.05) is 47.9 Å². The summed E-state index contributed by atoms with van der Waals surface area (Å²) in [5.74, 6) is 1.98. The highest BCUT2D eigenvalue weighted by Gasteiger charge is 2.22. The lowest BCUT2D eigenvalue weighted by molar-refractivity contribution is -0.597. The number of nitrogens with zero attached hydrogens (tertiary/aromatic N) is 3. The third kappa shape index (κ3) is 2.98. The number of rotatable bonds is 4. The van der Waals surface area contributed by atoms with Crippen LogP contribution in [0.4, 0.5) is 0 Å². The van der Waals surface area contributed by atoms with Crippen molar-refractivity contribution < 1.29 is 14.0 Å². The smallest absolute Gasteiger partial charge is 0.422 e. The molecule has 0 aliphatic rings. The standard InChI is InChI=1S/C20H18ClN4O2/c1-12-8-14-9-17(26-2)18(27-3)10-16(14)19(13-4-6-15(21)7-5-13)25(12)20-22-11-23-24-20/h4-11H,1-3H3,(H,22,23,24)/q+1. The molecule has 2 heterocycles. The van der Waals surface area contributed by atoms with Gasteiger partial charge in [-0.3, -0.25) is 0 Å². The van der Waals surface area contributed by atoms with Crippen LogP contribution in [-0.4, -0.2) is 29.4 Å². The molecule has 2 aromatic carbocycles. The summed E-state index contributed by atoms with van der Waals surface area (Å²) < 4.78 is 13.0. The van der Waals surface area contributed by atoms with Crippen LogP contribution in [-0.2, 0) is 0 Å². The van der Waals surface area contributed by atoms with Gasteiger partial charge >= 0.3 is 5.95 Å².